The first-order valence-corrected chi connectivity index (χ1v) is 11.2. The van der Waals surface area contributed by atoms with Crippen LogP contribution in [0.4, 0.5) is 11.6 Å². The first kappa shape index (κ1) is 22.3. The number of carbonyl (C=O) groups is 1. The van der Waals surface area contributed by atoms with Gasteiger partial charge in [0.1, 0.15) is 5.75 Å². The largest absolute Gasteiger partial charge is 0.497 e. The van der Waals surface area contributed by atoms with Gasteiger partial charge < -0.3 is 24.8 Å². The van der Waals surface area contributed by atoms with E-state index < -0.39 is 6.04 Å². The molecule has 178 valence electrons. The zero-order valence-corrected chi connectivity index (χ0v) is 20.0. The fourth-order valence-electron chi connectivity index (χ4n) is 4.55. The molecule has 2 N–H and O–H groups in total. The van der Waals surface area contributed by atoms with Gasteiger partial charge in [0, 0.05) is 16.9 Å². The molecule has 0 bridgehead atoms. The molecule has 0 fully saturated rings. The Morgan fingerprint density at radius 3 is 2.43 bits per heavy atom. The third-order valence-corrected chi connectivity index (χ3v) is 6.15. The Morgan fingerprint density at radius 2 is 1.71 bits per heavy atom. The molecule has 1 aliphatic heterocycles. The number of hydrogen-bond acceptors (Lipinski definition) is 6. The van der Waals surface area contributed by atoms with Gasteiger partial charge in [-0.05, 0) is 49.4 Å². The number of carbonyl (C=O) groups excluding carboxylic acids is 1. The van der Waals surface area contributed by atoms with Gasteiger partial charge in [-0.15, -0.1) is 0 Å². The second-order valence-electron chi connectivity index (χ2n) is 8.13. The minimum absolute atomic E-state index is 0.238. The van der Waals surface area contributed by atoms with Gasteiger partial charge in [-0.25, -0.2) is 4.98 Å². The third kappa shape index (κ3) is 3.82. The molecule has 0 spiro atoms. The lowest BCUT2D eigenvalue weighted by Crippen LogP contribution is -2.31. The first-order valence-electron chi connectivity index (χ1n) is 11.2. The molecule has 3 aromatic carbocycles. The van der Waals surface area contributed by atoms with Crippen LogP contribution in [0.1, 0.15) is 18.5 Å². The Kier molecular flexibility index (Phi) is 5.78. The summed E-state index contributed by atoms with van der Waals surface area (Å²) in [5, 5.41) is 6.36. The zero-order valence-electron chi connectivity index (χ0n) is 20.0. The van der Waals surface area contributed by atoms with E-state index in [1.54, 1.807) is 33.5 Å². The van der Waals surface area contributed by atoms with Crippen LogP contribution in [0.5, 0.6) is 17.2 Å². The van der Waals surface area contributed by atoms with E-state index in [0.29, 0.717) is 40.2 Å². The average molecular weight is 471 g/mol. The van der Waals surface area contributed by atoms with Gasteiger partial charge in [0.2, 0.25) is 5.95 Å². The molecule has 4 aromatic rings. The predicted molar refractivity (Wildman–Crippen MR) is 135 cm³/mol. The molecule has 1 aromatic heterocycles. The molecular formula is C27H26N4O4. The van der Waals surface area contributed by atoms with E-state index in [4.69, 9.17) is 19.2 Å². The lowest BCUT2D eigenvalue weighted by molar-refractivity contribution is -0.113. The summed E-state index contributed by atoms with van der Waals surface area (Å²) >= 11 is 0. The van der Waals surface area contributed by atoms with Gasteiger partial charge in [-0.2, -0.15) is 0 Å². The topological polar surface area (TPSA) is 86.6 Å². The summed E-state index contributed by atoms with van der Waals surface area (Å²) in [5.41, 5.74) is 4.42. The van der Waals surface area contributed by atoms with Crippen molar-refractivity contribution in [1.29, 1.82) is 0 Å². The van der Waals surface area contributed by atoms with Crippen molar-refractivity contribution < 1.29 is 19.0 Å². The van der Waals surface area contributed by atoms with Gasteiger partial charge in [0.25, 0.3) is 5.91 Å². The fourth-order valence-corrected chi connectivity index (χ4v) is 4.55. The molecular weight excluding hydrogens is 444 g/mol. The van der Waals surface area contributed by atoms with Crippen LogP contribution in [0, 0.1) is 0 Å². The monoisotopic (exact) mass is 470 g/mol. The highest BCUT2D eigenvalue weighted by atomic mass is 16.5. The Balaban J connectivity index is 1.68. The number of fused-ring (bicyclic) bond motifs is 3. The summed E-state index contributed by atoms with van der Waals surface area (Å²) in [6.07, 6.45) is 0. The Morgan fingerprint density at radius 1 is 0.943 bits per heavy atom. The second kappa shape index (κ2) is 9.06. The van der Waals surface area contributed by atoms with E-state index in [-0.39, 0.29) is 5.91 Å². The number of benzene rings is 3. The molecule has 0 aliphatic carbocycles. The average Bonchev–Trinajstić information content (AvgIpc) is 3.25. The lowest BCUT2D eigenvalue weighted by Gasteiger charge is -2.31. The summed E-state index contributed by atoms with van der Waals surface area (Å²) in [6.45, 7) is 1.88. The van der Waals surface area contributed by atoms with E-state index in [0.717, 1.165) is 16.6 Å². The number of nitrogens with one attached hydrogen (secondary N) is 2. The molecule has 8 heteroatoms. The van der Waals surface area contributed by atoms with Gasteiger partial charge in [-0.3, -0.25) is 9.36 Å². The number of allylic oxidation sites excluding steroid dienone is 1. The van der Waals surface area contributed by atoms with Crippen LogP contribution in [-0.2, 0) is 4.79 Å². The molecule has 1 aliphatic rings. The molecule has 5 rings (SSSR count). The van der Waals surface area contributed by atoms with Crippen LogP contribution < -0.4 is 24.8 Å². The predicted octanol–water partition coefficient (Wildman–Crippen LogP) is 4.99. The summed E-state index contributed by atoms with van der Waals surface area (Å²) in [6, 6.07) is 20.2. The quantitative estimate of drug-likeness (QED) is 0.413. The van der Waals surface area contributed by atoms with E-state index in [1.807, 2.05) is 66.1 Å². The number of para-hydroxylation sites is 3. The van der Waals surface area contributed by atoms with Crippen molar-refractivity contribution in [1.82, 2.24) is 9.55 Å². The maximum absolute atomic E-state index is 13.8. The van der Waals surface area contributed by atoms with Crippen LogP contribution in [0.2, 0.25) is 0 Å². The van der Waals surface area contributed by atoms with Crippen molar-refractivity contribution in [3.63, 3.8) is 0 Å². The van der Waals surface area contributed by atoms with Gasteiger partial charge >= 0.3 is 0 Å². The number of methoxy groups -OCH3 is 3. The molecule has 1 amide bonds. The number of hydrogen-bond donors (Lipinski definition) is 2. The van der Waals surface area contributed by atoms with Crippen molar-refractivity contribution in [3.05, 3.63) is 83.6 Å². The van der Waals surface area contributed by atoms with E-state index >= 15 is 0 Å². The third-order valence-electron chi connectivity index (χ3n) is 6.15. The maximum atomic E-state index is 13.8. The number of anilines is 2. The van der Waals surface area contributed by atoms with Crippen LogP contribution in [0.3, 0.4) is 0 Å². The van der Waals surface area contributed by atoms with Crippen molar-refractivity contribution >= 4 is 28.6 Å². The number of rotatable bonds is 6. The summed E-state index contributed by atoms with van der Waals surface area (Å²) < 4.78 is 18.6. The molecule has 1 atom stereocenters. The number of nitrogens with zero attached hydrogens (tertiary/aromatic N) is 2. The van der Waals surface area contributed by atoms with E-state index in [2.05, 4.69) is 10.6 Å². The molecule has 0 radical (unpaired) electrons. The SMILES string of the molecule is COc1ccc(NC(=O)C2=C(C)Nc3nc4ccccc4n3C2c2cccc(OC)c2OC)cc1. The zero-order chi connectivity index (χ0) is 24.5. The summed E-state index contributed by atoms with van der Waals surface area (Å²) in [5.74, 6) is 2.28. The van der Waals surface area contributed by atoms with E-state index in [1.165, 1.54) is 0 Å². The van der Waals surface area contributed by atoms with Gasteiger partial charge in [-0.1, -0.05) is 24.3 Å². The number of ether oxygens (including phenoxy) is 3. The van der Waals surface area contributed by atoms with Gasteiger partial charge in [0.15, 0.2) is 11.5 Å². The number of imidazole rings is 1. The lowest BCUT2D eigenvalue weighted by atomic mass is 9.93. The Labute approximate surface area is 203 Å². The Hall–Kier alpha value is -4.46. The summed E-state index contributed by atoms with van der Waals surface area (Å²) in [7, 11) is 4.80. The van der Waals surface area contributed by atoms with Crippen molar-refractivity contribution in [2.45, 2.75) is 13.0 Å². The molecule has 1 unspecified atom stereocenters. The van der Waals surface area contributed by atoms with Crippen molar-refractivity contribution in [2.75, 3.05) is 32.0 Å². The highest BCUT2D eigenvalue weighted by Crippen LogP contribution is 2.45. The molecule has 2 heterocycles. The standard InChI is InChI=1S/C27H26N4O4/c1-16-23(26(32)29-17-12-14-18(33-2)15-13-17)24(19-8-7-11-22(34-3)25(19)35-4)31-21-10-6-5-9-20(21)30-27(31)28-16/h5-15,24H,1-4H3,(H,28,30)(H,29,32). The first-order chi connectivity index (χ1) is 17.0. The van der Waals surface area contributed by atoms with Crippen LogP contribution >= 0.6 is 0 Å². The highest BCUT2D eigenvalue weighted by Gasteiger charge is 2.36. The highest BCUT2D eigenvalue weighted by molar-refractivity contribution is 6.06. The van der Waals surface area contributed by atoms with Gasteiger partial charge in [0.05, 0.1) is 44.0 Å². The summed E-state index contributed by atoms with van der Waals surface area (Å²) in [4.78, 5) is 18.6. The molecule has 0 saturated heterocycles. The fraction of sp³-hybridized carbons (Fsp3) is 0.185. The Bertz CT molecular complexity index is 1440. The molecule has 35 heavy (non-hydrogen) atoms. The number of aromatic nitrogens is 2. The molecule has 8 nitrogen and oxygen atoms in total. The smallest absolute Gasteiger partial charge is 0.255 e. The van der Waals surface area contributed by atoms with Crippen LogP contribution in [0.15, 0.2) is 78.0 Å². The van der Waals surface area contributed by atoms with Crippen LogP contribution in [-0.4, -0.2) is 36.8 Å². The minimum atomic E-state index is -0.512. The minimum Gasteiger partial charge on any atom is -0.497 e. The normalized spacial score (nSPS) is 14.8. The molecule has 0 saturated carbocycles. The maximum Gasteiger partial charge on any atom is 0.255 e. The van der Waals surface area contributed by atoms with Crippen molar-refractivity contribution in [2.24, 2.45) is 0 Å². The second-order valence-corrected chi connectivity index (χ2v) is 8.13. The van der Waals surface area contributed by atoms with E-state index in [9.17, 15) is 4.79 Å². The number of amides is 1. The van der Waals surface area contributed by atoms with Crippen LogP contribution in [0.25, 0.3) is 11.0 Å². The van der Waals surface area contributed by atoms with Crippen molar-refractivity contribution in [3.8, 4) is 17.2 Å².